The summed E-state index contributed by atoms with van der Waals surface area (Å²) in [4.78, 5) is 49.6. The van der Waals surface area contributed by atoms with E-state index in [-0.39, 0.29) is 57.9 Å². The minimum atomic E-state index is -4.88. The number of fused-ring (bicyclic) bond motifs is 2. The first-order chi connectivity index (χ1) is 27.2. The molecule has 0 spiro atoms. The van der Waals surface area contributed by atoms with Crippen LogP contribution in [0, 0.1) is 5.92 Å². The molecule has 2 aliphatic rings. The summed E-state index contributed by atoms with van der Waals surface area (Å²) in [6.07, 6.45) is 0.352. The number of aryl methyl sites for hydroxylation is 2. The van der Waals surface area contributed by atoms with Crippen LogP contribution in [0.3, 0.4) is 0 Å². The summed E-state index contributed by atoms with van der Waals surface area (Å²) in [7, 11) is 4.09. The van der Waals surface area contributed by atoms with E-state index >= 15 is 0 Å². The number of alkyl halides is 3. The van der Waals surface area contributed by atoms with Gasteiger partial charge in [-0.25, -0.2) is 14.8 Å². The summed E-state index contributed by atoms with van der Waals surface area (Å²) >= 11 is 14.1. The van der Waals surface area contributed by atoms with E-state index in [9.17, 15) is 32.7 Å². The Morgan fingerprint density at radius 2 is 1.74 bits per heavy atom. The second-order valence-electron chi connectivity index (χ2n) is 14.1. The van der Waals surface area contributed by atoms with Crippen LogP contribution >= 0.6 is 23.2 Å². The van der Waals surface area contributed by atoms with Gasteiger partial charge < -0.3 is 29.8 Å². The van der Waals surface area contributed by atoms with Crippen LogP contribution in [0.4, 0.5) is 24.7 Å². The molecule has 1 atom stereocenters. The fraction of sp³-hybridized carbons (Fsp3) is 0.350. The Bertz CT molecular complexity index is 2500. The number of aliphatic hydroxyl groups is 1. The summed E-state index contributed by atoms with van der Waals surface area (Å²) in [5.41, 5.74) is 1.27. The van der Waals surface area contributed by atoms with E-state index < -0.39 is 28.9 Å². The van der Waals surface area contributed by atoms with Gasteiger partial charge >= 0.3 is 28.9 Å². The van der Waals surface area contributed by atoms with Crippen LogP contribution in [0.25, 0.3) is 33.3 Å². The third kappa shape index (κ3) is 8.10. The van der Waals surface area contributed by atoms with Crippen molar-refractivity contribution in [2.45, 2.75) is 37.9 Å². The number of nitrogens with one attached hydrogen (secondary N) is 1. The number of hydrogen-bond donors (Lipinski definition) is 2. The molecule has 1 amide bonds. The zero-order valence-corrected chi connectivity index (χ0v) is 34.3. The minimum Gasteiger partial charge on any atom is -0.520 e. The second-order valence-corrected chi connectivity index (χ2v) is 14.8. The number of halogens is 5. The predicted octanol–water partition coefficient (Wildman–Crippen LogP) is 6.46. The third-order valence-corrected chi connectivity index (χ3v) is 11.6. The second kappa shape index (κ2) is 17.4. The molecule has 4 heterocycles. The molecule has 7 rings (SSSR count). The molecule has 2 aromatic carbocycles. The van der Waals surface area contributed by atoms with Crippen molar-refractivity contribution in [3.05, 3.63) is 102 Å². The van der Waals surface area contributed by atoms with Crippen LogP contribution in [-0.4, -0.2) is 80.3 Å². The Balaban J connectivity index is 0.00000567. The van der Waals surface area contributed by atoms with Crippen molar-refractivity contribution < 1.29 is 44.9 Å². The molecule has 1 radical (unpaired) electrons. The van der Waals surface area contributed by atoms with Crippen molar-refractivity contribution in [1.29, 1.82) is 0 Å². The number of ether oxygens (including phenoxy) is 1. The Labute approximate surface area is 352 Å². The van der Waals surface area contributed by atoms with E-state index in [0.717, 1.165) is 59.0 Å². The minimum absolute atomic E-state index is 0. The van der Waals surface area contributed by atoms with Gasteiger partial charge in [-0.05, 0) is 49.7 Å². The van der Waals surface area contributed by atoms with Gasteiger partial charge in [0.25, 0.3) is 5.56 Å². The van der Waals surface area contributed by atoms with Crippen LogP contribution in [0.1, 0.15) is 42.1 Å². The Kier molecular flexibility index (Phi) is 13.0. The monoisotopic (exact) mass is 878 g/mol. The number of rotatable bonds is 12. The number of methoxy groups -OCH3 is 1. The van der Waals surface area contributed by atoms with Gasteiger partial charge in [0.05, 0.1) is 40.7 Å². The summed E-state index contributed by atoms with van der Waals surface area (Å²) < 4.78 is 49.6. The van der Waals surface area contributed by atoms with Gasteiger partial charge in [0.15, 0.2) is 0 Å². The molecule has 0 saturated carbocycles. The maximum Gasteiger partial charge on any atom is 2.00 e. The fourth-order valence-electron chi connectivity index (χ4n) is 7.80. The van der Waals surface area contributed by atoms with Gasteiger partial charge in [-0.15, -0.1) is 6.54 Å². The Morgan fingerprint density at radius 3 is 2.43 bits per heavy atom. The molecule has 1 unspecified atom stereocenters. The van der Waals surface area contributed by atoms with Gasteiger partial charge in [0, 0.05) is 48.9 Å². The van der Waals surface area contributed by atoms with Crippen molar-refractivity contribution in [3.8, 4) is 28.3 Å². The average molecular weight is 880 g/mol. The molecular formula is C40H38Cl2F3MnN7O5. The van der Waals surface area contributed by atoms with Crippen LogP contribution in [0.15, 0.2) is 58.1 Å². The van der Waals surface area contributed by atoms with Crippen LogP contribution in [-0.2, 0) is 48.6 Å². The molecule has 0 bridgehead atoms. The summed E-state index contributed by atoms with van der Waals surface area (Å²) in [6.45, 7) is 2.34. The maximum absolute atomic E-state index is 14.0. The van der Waals surface area contributed by atoms with Gasteiger partial charge in [-0.1, -0.05) is 53.5 Å². The third-order valence-electron chi connectivity index (χ3n) is 10.7. The number of amides is 1. The summed E-state index contributed by atoms with van der Waals surface area (Å²) in [6, 6.07) is 13.1. The van der Waals surface area contributed by atoms with E-state index in [0.29, 0.717) is 45.9 Å². The number of likely N-dealkylation sites (tertiary alicyclic amines) is 1. The first kappa shape index (κ1) is 43.1. The molecule has 18 heteroatoms. The maximum atomic E-state index is 14.0. The first-order valence-electron chi connectivity index (χ1n) is 18.2. The number of benzene rings is 2. The number of nitrogens with zero attached hydrogens (tertiary/aromatic N) is 6. The first-order valence-corrected chi connectivity index (χ1v) is 18.9. The summed E-state index contributed by atoms with van der Waals surface area (Å²) in [5, 5.41) is 12.2. The molecule has 2 N–H and O–H groups in total. The van der Waals surface area contributed by atoms with E-state index in [4.69, 9.17) is 32.9 Å². The van der Waals surface area contributed by atoms with Gasteiger partial charge in [0.2, 0.25) is 5.88 Å². The number of pyridine rings is 2. The number of aliphatic hydroxyl groups excluding tert-OH is 1. The molecule has 1 saturated heterocycles. The summed E-state index contributed by atoms with van der Waals surface area (Å²) in [5.74, 6) is 1.41. The zero-order valence-electron chi connectivity index (χ0n) is 31.6. The van der Waals surface area contributed by atoms with Gasteiger partial charge in [-0.3, -0.25) is 19.8 Å². The van der Waals surface area contributed by atoms with E-state index in [1.807, 2.05) is 18.5 Å². The molecule has 1 fully saturated rings. The zero-order chi connectivity index (χ0) is 40.8. The number of anilines is 2. The van der Waals surface area contributed by atoms with Crippen molar-refractivity contribution in [2.75, 3.05) is 45.2 Å². The molecule has 1 aliphatic carbocycles. The van der Waals surface area contributed by atoms with Crippen molar-refractivity contribution in [2.24, 2.45) is 14.1 Å². The molecule has 1 aliphatic heterocycles. The van der Waals surface area contributed by atoms with Crippen LogP contribution in [0.2, 0.25) is 10.0 Å². The number of hydrogen-bond acceptors (Lipinski definition) is 9. The van der Waals surface area contributed by atoms with Crippen molar-refractivity contribution in [3.63, 3.8) is 0 Å². The molecular weight excluding hydrogens is 841 g/mol. The molecule has 12 nitrogen and oxygen atoms in total. The van der Waals surface area contributed by atoms with Crippen molar-refractivity contribution >= 4 is 52.0 Å². The van der Waals surface area contributed by atoms with E-state index in [1.54, 1.807) is 31.4 Å². The van der Waals surface area contributed by atoms with E-state index in [1.165, 1.54) is 31.0 Å². The molecule has 305 valence electrons. The van der Waals surface area contributed by atoms with Crippen LogP contribution < -0.4 is 21.3 Å². The predicted molar refractivity (Wildman–Crippen MR) is 212 cm³/mol. The average Bonchev–Trinajstić information content (AvgIpc) is 3.85. The van der Waals surface area contributed by atoms with E-state index in [2.05, 4.69) is 15.2 Å². The van der Waals surface area contributed by atoms with Crippen molar-refractivity contribution in [1.82, 2.24) is 28.9 Å². The quantitative estimate of drug-likeness (QED) is 0.0824. The molecule has 3 aromatic heterocycles. The largest absolute Gasteiger partial charge is 2.00 e. The van der Waals surface area contributed by atoms with Crippen LogP contribution in [0.5, 0.6) is 5.88 Å². The smallest absolute Gasteiger partial charge is 0.520 e. The Hall–Kier alpha value is -4.44. The standard InChI is InChI=1S/C40H38Cl2F3N7O5.Mn/c1-49-30-19-31(40(43,44)45)48-36(33(30)38(55)50(2)39(49)56)46-27-9-5-7-25(35(27)42)24-6-4-8-26(34(24)41)28-18-23-10-11-29(32(23)37(47-28)57-3)52-15-13-22(20-52)12-14-51(21-54)16-17-53;/h4-9,18-19,29,53H,10-17,20H2,1-3H3,(H,46,48);/q-2;+2. The Morgan fingerprint density at radius 1 is 1.03 bits per heavy atom. The van der Waals surface area contributed by atoms with Gasteiger partial charge in [-0.2, -0.15) is 32.4 Å². The SMILES string of the molecule is COc1nc(-c2cccc(-c3cccc(Nc4nc(C(F)(F)F)cc5c4c(=O)n(C)c(=O)n5C)c3Cl)c2Cl)cc2c1C(N1CC[C-](CCN([C-]=O)CCO)C1)CC2.[Mn+2]. The fourth-order valence-corrected chi connectivity index (χ4v) is 8.40. The number of carbonyl (C=O) groups excluding carboxylic acids is 1. The normalized spacial score (nSPS) is 15.7. The topological polar surface area (TPSA) is 135 Å². The van der Waals surface area contributed by atoms with Gasteiger partial charge in [0.1, 0.15) is 16.9 Å². The molecule has 5 aromatic rings. The molecule has 58 heavy (non-hydrogen) atoms. The number of aromatic nitrogens is 4.